The Morgan fingerprint density at radius 1 is 1.22 bits per heavy atom. The quantitative estimate of drug-likeness (QED) is 0.731. The molecule has 27 heavy (non-hydrogen) atoms. The normalized spacial score (nSPS) is 14.3. The van der Waals surface area contributed by atoms with Gasteiger partial charge in [0, 0.05) is 42.9 Å². The molecule has 138 valence electrons. The van der Waals surface area contributed by atoms with Crippen molar-refractivity contribution in [2.45, 2.75) is 0 Å². The number of carbonyl (C=O) groups is 2. The maximum atomic E-state index is 12.8. The zero-order valence-corrected chi connectivity index (χ0v) is 15.6. The molecular formula is C20H19ClN4O2. The number of para-hydroxylation sites is 1. The van der Waals surface area contributed by atoms with Crippen LogP contribution >= 0.6 is 11.6 Å². The second-order valence-electron chi connectivity index (χ2n) is 6.56. The number of halogens is 1. The lowest BCUT2D eigenvalue weighted by atomic mass is 10.1. The average Bonchev–Trinajstić information content (AvgIpc) is 2.99. The molecule has 6 nitrogen and oxygen atoms in total. The van der Waals surface area contributed by atoms with Crippen molar-refractivity contribution < 1.29 is 9.59 Å². The van der Waals surface area contributed by atoms with Gasteiger partial charge in [0.05, 0.1) is 22.8 Å². The highest BCUT2D eigenvalue weighted by Crippen LogP contribution is 2.30. The van der Waals surface area contributed by atoms with Gasteiger partial charge in [-0.2, -0.15) is 0 Å². The van der Waals surface area contributed by atoms with E-state index in [9.17, 15) is 9.59 Å². The molecule has 0 atom stereocenters. The Kier molecular flexibility index (Phi) is 4.49. The summed E-state index contributed by atoms with van der Waals surface area (Å²) in [4.78, 5) is 26.3. The van der Waals surface area contributed by atoms with E-state index >= 15 is 0 Å². The number of aryl methyl sites for hydroxylation is 1. The van der Waals surface area contributed by atoms with Crippen molar-refractivity contribution in [3.05, 3.63) is 59.2 Å². The van der Waals surface area contributed by atoms with E-state index in [1.165, 1.54) is 0 Å². The zero-order chi connectivity index (χ0) is 19.0. The van der Waals surface area contributed by atoms with Crippen LogP contribution in [-0.4, -0.2) is 36.0 Å². The summed E-state index contributed by atoms with van der Waals surface area (Å²) in [6, 6.07) is 13.1. The lowest BCUT2D eigenvalue weighted by Crippen LogP contribution is -2.47. The van der Waals surface area contributed by atoms with E-state index in [2.05, 4.69) is 10.6 Å². The van der Waals surface area contributed by atoms with Gasteiger partial charge in [0.25, 0.3) is 5.91 Å². The third kappa shape index (κ3) is 3.36. The van der Waals surface area contributed by atoms with Gasteiger partial charge in [0.2, 0.25) is 5.91 Å². The molecule has 0 unspecified atom stereocenters. The molecule has 0 saturated carbocycles. The molecule has 1 aromatic heterocycles. The zero-order valence-electron chi connectivity index (χ0n) is 14.8. The monoisotopic (exact) mass is 382 g/mol. The first kappa shape index (κ1) is 17.4. The topological polar surface area (TPSA) is 66.4 Å². The van der Waals surface area contributed by atoms with Crippen molar-refractivity contribution in [3.63, 3.8) is 0 Å². The second-order valence-corrected chi connectivity index (χ2v) is 6.97. The number of fused-ring (bicyclic) bond motifs is 1. The number of amides is 2. The van der Waals surface area contributed by atoms with Crippen LogP contribution in [0.4, 0.5) is 11.4 Å². The summed E-state index contributed by atoms with van der Waals surface area (Å²) in [5.74, 6) is -0.210. The number of hydrogen-bond donors (Lipinski definition) is 2. The number of aromatic nitrogens is 1. The van der Waals surface area contributed by atoms with Crippen LogP contribution in [0.2, 0.25) is 5.02 Å². The number of rotatable bonds is 3. The molecular weight excluding hydrogens is 364 g/mol. The van der Waals surface area contributed by atoms with E-state index in [0.717, 1.165) is 16.6 Å². The van der Waals surface area contributed by atoms with E-state index in [1.54, 1.807) is 12.1 Å². The van der Waals surface area contributed by atoms with Crippen molar-refractivity contribution in [1.29, 1.82) is 0 Å². The highest BCUT2D eigenvalue weighted by molar-refractivity contribution is 6.33. The molecule has 2 amide bonds. The van der Waals surface area contributed by atoms with E-state index in [1.807, 2.05) is 53.0 Å². The molecule has 1 fully saturated rings. The van der Waals surface area contributed by atoms with Gasteiger partial charge in [-0.1, -0.05) is 29.8 Å². The number of anilines is 2. The Hall–Kier alpha value is -2.99. The van der Waals surface area contributed by atoms with Crippen LogP contribution in [0.5, 0.6) is 0 Å². The number of nitrogens with zero attached hydrogens (tertiary/aromatic N) is 2. The summed E-state index contributed by atoms with van der Waals surface area (Å²) >= 11 is 6.41. The largest absolute Gasteiger partial charge is 0.359 e. The molecule has 4 rings (SSSR count). The Balaban J connectivity index is 1.56. The molecule has 0 bridgehead atoms. The lowest BCUT2D eigenvalue weighted by molar-refractivity contribution is -0.120. The standard InChI is InChI=1S/C20H19ClN4O2/c1-24-11-15(14-4-2-3-5-17(14)24)20(27)23-13-6-7-18(16(21)10-13)25-9-8-22-19(26)12-25/h2-7,10-11H,8-9,12H2,1H3,(H,22,26)(H,23,27). The average molecular weight is 383 g/mol. The van der Waals surface area contributed by atoms with Crippen LogP contribution in [0, 0.1) is 0 Å². The molecule has 1 aliphatic rings. The van der Waals surface area contributed by atoms with Gasteiger partial charge in [-0.15, -0.1) is 0 Å². The Morgan fingerprint density at radius 3 is 2.81 bits per heavy atom. The fourth-order valence-electron chi connectivity index (χ4n) is 3.41. The molecule has 0 spiro atoms. The van der Waals surface area contributed by atoms with Gasteiger partial charge in [-0.05, 0) is 24.3 Å². The fraction of sp³-hybridized carbons (Fsp3) is 0.200. The van der Waals surface area contributed by atoms with Gasteiger partial charge in [0.15, 0.2) is 0 Å². The summed E-state index contributed by atoms with van der Waals surface area (Å²) in [5.41, 5.74) is 3.01. The third-order valence-electron chi connectivity index (χ3n) is 4.73. The first-order valence-electron chi connectivity index (χ1n) is 8.69. The predicted molar refractivity (Wildman–Crippen MR) is 108 cm³/mol. The summed E-state index contributed by atoms with van der Waals surface area (Å²) < 4.78 is 1.93. The van der Waals surface area contributed by atoms with Gasteiger partial charge < -0.3 is 20.1 Å². The first-order chi connectivity index (χ1) is 13.0. The van der Waals surface area contributed by atoms with Crippen molar-refractivity contribution in [2.24, 2.45) is 7.05 Å². The number of benzene rings is 2. The van der Waals surface area contributed by atoms with Crippen LogP contribution in [0.1, 0.15) is 10.4 Å². The van der Waals surface area contributed by atoms with Crippen LogP contribution in [0.25, 0.3) is 10.9 Å². The van der Waals surface area contributed by atoms with Crippen molar-refractivity contribution >= 4 is 45.7 Å². The predicted octanol–water partition coefficient (Wildman–Crippen LogP) is 3.02. The van der Waals surface area contributed by atoms with E-state index < -0.39 is 0 Å². The maximum Gasteiger partial charge on any atom is 0.257 e. The smallest absolute Gasteiger partial charge is 0.257 e. The van der Waals surface area contributed by atoms with E-state index in [0.29, 0.717) is 29.4 Å². The van der Waals surface area contributed by atoms with Gasteiger partial charge in [-0.25, -0.2) is 0 Å². The number of hydrogen-bond acceptors (Lipinski definition) is 3. The van der Waals surface area contributed by atoms with Crippen molar-refractivity contribution in [1.82, 2.24) is 9.88 Å². The SMILES string of the molecule is Cn1cc(C(=O)Nc2ccc(N3CCNC(=O)C3)c(Cl)c2)c2ccccc21. The molecule has 2 aromatic carbocycles. The van der Waals surface area contributed by atoms with Crippen LogP contribution in [-0.2, 0) is 11.8 Å². The molecule has 1 saturated heterocycles. The maximum absolute atomic E-state index is 12.8. The Morgan fingerprint density at radius 2 is 2.04 bits per heavy atom. The van der Waals surface area contributed by atoms with Crippen molar-refractivity contribution in [2.75, 3.05) is 29.9 Å². The summed E-state index contributed by atoms with van der Waals surface area (Å²) in [6.07, 6.45) is 1.82. The molecule has 0 aliphatic carbocycles. The highest BCUT2D eigenvalue weighted by atomic mass is 35.5. The van der Waals surface area contributed by atoms with Gasteiger partial charge in [0.1, 0.15) is 0 Å². The minimum absolute atomic E-state index is 0.0225. The third-order valence-corrected chi connectivity index (χ3v) is 5.03. The number of piperazine rings is 1. The molecule has 7 heteroatoms. The second kappa shape index (κ2) is 6.96. The van der Waals surface area contributed by atoms with Crippen LogP contribution < -0.4 is 15.5 Å². The van der Waals surface area contributed by atoms with Crippen LogP contribution in [0.15, 0.2) is 48.7 Å². The summed E-state index contributed by atoms with van der Waals surface area (Å²) in [7, 11) is 1.92. The molecule has 3 aromatic rings. The number of nitrogens with one attached hydrogen (secondary N) is 2. The van der Waals surface area contributed by atoms with E-state index in [-0.39, 0.29) is 18.4 Å². The van der Waals surface area contributed by atoms with Crippen LogP contribution in [0.3, 0.4) is 0 Å². The minimum atomic E-state index is -0.187. The molecule has 2 heterocycles. The Bertz CT molecular complexity index is 1040. The van der Waals surface area contributed by atoms with E-state index in [4.69, 9.17) is 11.6 Å². The molecule has 2 N–H and O–H groups in total. The fourth-order valence-corrected chi connectivity index (χ4v) is 3.71. The molecule has 0 radical (unpaired) electrons. The Labute approximate surface area is 161 Å². The lowest BCUT2D eigenvalue weighted by Gasteiger charge is -2.29. The summed E-state index contributed by atoms with van der Waals surface area (Å²) in [5, 5.41) is 7.10. The van der Waals surface area contributed by atoms with Gasteiger partial charge >= 0.3 is 0 Å². The van der Waals surface area contributed by atoms with Crippen molar-refractivity contribution in [3.8, 4) is 0 Å². The summed E-state index contributed by atoms with van der Waals surface area (Å²) in [6.45, 7) is 1.57. The number of carbonyl (C=O) groups excluding carboxylic acids is 2. The minimum Gasteiger partial charge on any atom is -0.359 e. The highest BCUT2D eigenvalue weighted by Gasteiger charge is 2.19. The van der Waals surface area contributed by atoms with Gasteiger partial charge in [-0.3, -0.25) is 9.59 Å². The first-order valence-corrected chi connectivity index (χ1v) is 9.07. The molecule has 1 aliphatic heterocycles.